The van der Waals surface area contributed by atoms with Crippen molar-refractivity contribution in [2.24, 2.45) is 5.41 Å². The van der Waals surface area contributed by atoms with Crippen LogP contribution < -0.4 is 0 Å². The number of aliphatic hydroxyl groups excluding tert-OH is 1. The molecule has 0 radical (unpaired) electrons. The van der Waals surface area contributed by atoms with E-state index in [2.05, 4.69) is 0 Å². The number of nitriles is 1. The van der Waals surface area contributed by atoms with Gasteiger partial charge in [0.15, 0.2) is 9.84 Å². The zero-order valence-corrected chi connectivity index (χ0v) is 11.8. The maximum atomic E-state index is 12.1. The highest BCUT2D eigenvalue weighted by Gasteiger charge is 2.71. The first-order valence-corrected chi connectivity index (χ1v) is 7.94. The van der Waals surface area contributed by atoms with Gasteiger partial charge in [0.1, 0.15) is 5.41 Å². The Morgan fingerprint density at radius 3 is 2.37 bits per heavy atom. The van der Waals surface area contributed by atoms with E-state index >= 15 is 0 Å². The third-order valence-corrected chi connectivity index (χ3v) is 6.22. The molecule has 0 unspecified atom stereocenters. The van der Waals surface area contributed by atoms with E-state index in [-0.39, 0.29) is 5.75 Å². The van der Waals surface area contributed by atoms with Gasteiger partial charge in [-0.05, 0) is 12.5 Å². The molecule has 1 aromatic carbocycles. The molecule has 5 heteroatoms. The van der Waals surface area contributed by atoms with Gasteiger partial charge in [0.25, 0.3) is 0 Å². The molecule has 0 aromatic heterocycles. The van der Waals surface area contributed by atoms with E-state index in [4.69, 9.17) is 0 Å². The van der Waals surface area contributed by atoms with E-state index in [0.717, 1.165) is 11.1 Å². The lowest BCUT2D eigenvalue weighted by molar-refractivity contribution is 0.242. The molecule has 2 rings (SSSR count). The summed E-state index contributed by atoms with van der Waals surface area (Å²) >= 11 is 0. The van der Waals surface area contributed by atoms with E-state index in [0.29, 0.717) is 0 Å². The maximum Gasteiger partial charge on any atom is 0.155 e. The van der Waals surface area contributed by atoms with E-state index in [1.165, 1.54) is 0 Å². The van der Waals surface area contributed by atoms with Crippen LogP contribution in [0.15, 0.2) is 24.3 Å². The predicted molar refractivity (Wildman–Crippen MR) is 72.3 cm³/mol. The van der Waals surface area contributed by atoms with E-state index in [1.54, 1.807) is 6.92 Å². The lowest BCUT2D eigenvalue weighted by Gasteiger charge is -2.04. The molecule has 0 saturated heterocycles. The molecule has 0 spiro atoms. The quantitative estimate of drug-likeness (QED) is 0.903. The fraction of sp³-hybridized carbons (Fsp3) is 0.500. The number of aliphatic hydroxyl groups is 1. The Labute approximate surface area is 113 Å². The van der Waals surface area contributed by atoms with Crippen molar-refractivity contribution in [3.8, 4) is 6.07 Å². The average Bonchev–Trinajstić information content (AvgIpc) is 3.10. The molecule has 0 heterocycles. The molecule has 1 saturated carbocycles. The van der Waals surface area contributed by atoms with Crippen molar-refractivity contribution in [1.82, 2.24) is 0 Å². The van der Waals surface area contributed by atoms with Crippen molar-refractivity contribution in [2.75, 3.05) is 12.4 Å². The second-order valence-electron chi connectivity index (χ2n) is 5.07. The van der Waals surface area contributed by atoms with Crippen molar-refractivity contribution < 1.29 is 13.5 Å². The Bertz CT molecular complexity index is 615. The maximum absolute atomic E-state index is 12.1. The van der Waals surface area contributed by atoms with Crippen molar-refractivity contribution in [2.45, 2.75) is 25.0 Å². The third-order valence-electron chi connectivity index (χ3n) is 3.95. The van der Waals surface area contributed by atoms with Gasteiger partial charge in [0.2, 0.25) is 0 Å². The molecule has 1 aromatic rings. The summed E-state index contributed by atoms with van der Waals surface area (Å²) in [4.78, 5) is 0. The number of rotatable bonds is 4. The van der Waals surface area contributed by atoms with Crippen LogP contribution in [0.25, 0.3) is 0 Å². The van der Waals surface area contributed by atoms with Gasteiger partial charge in [-0.2, -0.15) is 5.26 Å². The summed E-state index contributed by atoms with van der Waals surface area (Å²) in [6.45, 7) is 3.09. The average molecular weight is 279 g/mol. The van der Waals surface area contributed by atoms with Crippen LogP contribution in [0.1, 0.15) is 24.0 Å². The second-order valence-corrected chi connectivity index (χ2v) is 7.48. The molecule has 1 aliphatic carbocycles. The number of hydrogen-bond acceptors (Lipinski definition) is 4. The SMILES string of the molecule is CCS(=O)(=O)[C@H]1[C@H](c2ccc(C)cc2)[C@@]1(C#N)CO. The summed E-state index contributed by atoms with van der Waals surface area (Å²) in [5.41, 5.74) is 0.707. The first-order chi connectivity index (χ1) is 8.93. The van der Waals surface area contributed by atoms with Crippen LogP contribution in [-0.2, 0) is 9.84 Å². The minimum Gasteiger partial charge on any atom is -0.395 e. The Morgan fingerprint density at radius 2 is 1.95 bits per heavy atom. The highest BCUT2D eigenvalue weighted by Crippen LogP contribution is 2.62. The lowest BCUT2D eigenvalue weighted by Crippen LogP contribution is -2.19. The Balaban J connectivity index is 2.46. The fourth-order valence-corrected chi connectivity index (χ4v) is 4.72. The molecule has 1 fully saturated rings. The largest absolute Gasteiger partial charge is 0.395 e. The number of benzene rings is 1. The van der Waals surface area contributed by atoms with Gasteiger partial charge in [-0.3, -0.25) is 0 Å². The Hall–Kier alpha value is -1.38. The first kappa shape index (κ1) is 14.0. The van der Waals surface area contributed by atoms with Gasteiger partial charge >= 0.3 is 0 Å². The van der Waals surface area contributed by atoms with Gasteiger partial charge in [-0.15, -0.1) is 0 Å². The smallest absolute Gasteiger partial charge is 0.155 e. The second kappa shape index (κ2) is 4.62. The minimum absolute atomic E-state index is 0.0105. The predicted octanol–water partition coefficient (Wildman–Crippen LogP) is 1.40. The van der Waals surface area contributed by atoms with Crippen molar-refractivity contribution in [1.29, 1.82) is 5.26 Å². The molecule has 0 bridgehead atoms. The number of aryl methyl sites for hydroxylation is 1. The van der Waals surface area contributed by atoms with Gasteiger partial charge < -0.3 is 5.11 Å². The van der Waals surface area contributed by atoms with Gasteiger partial charge in [-0.25, -0.2) is 8.42 Å². The van der Waals surface area contributed by atoms with Crippen molar-refractivity contribution in [3.05, 3.63) is 35.4 Å². The summed E-state index contributed by atoms with van der Waals surface area (Å²) in [7, 11) is -3.35. The zero-order chi connectivity index (χ0) is 14.3. The third kappa shape index (κ3) is 2.05. The highest BCUT2D eigenvalue weighted by molar-refractivity contribution is 7.92. The normalized spacial score (nSPS) is 29.8. The zero-order valence-electron chi connectivity index (χ0n) is 11.0. The van der Waals surface area contributed by atoms with Crippen LogP contribution in [0, 0.1) is 23.7 Å². The molecular weight excluding hydrogens is 262 g/mol. The van der Waals surface area contributed by atoms with Crippen LogP contribution in [0.2, 0.25) is 0 Å². The summed E-state index contributed by atoms with van der Waals surface area (Å²) in [5.74, 6) is -0.434. The molecule has 19 heavy (non-hydrogen) atoms. The van der Waals surface area contributed by atoms with Gasteiger partial charge in [0, 0.05) is 11.7 Å². The molecule has 1 N–H and O–H groups in total. The van der Waals surface area contributed by atoms with E-state index in [1.807, 2.05) is 37.3 Å². The summed E-state index contributed by atoms with van der Waals surface area (Å²) in [5, 5.41) is 18.0. The number of sulfone groups is 1. The summed E-state index contributed by atoms with van der Waals surface area (Å²) in [6.07, 6.45) is 0. The van der Waals surface area contributed by atoms with Crippen LogP contribution in [0.3, 0.4) is 0 Å². The summed E-state index contributed by atoms with van der Waals surface area (Å²) in [6, 6.07) is 9.49. The van der Waals surface area contributed by atoms with Gasteiger partial charge in [0.05, 0.1) is 17.9 Å². The topological polar surface area (TPSA) is 78.2 Å². The molecule has 0 amide bonds. The standard InChI is InChI=1S/C14H17NO3S/c1-3-19(17,18)13-12(14(13,8-15)9-16)11-6-4-10(2)5-7-11/h4-7,12-13,16H,3,9H2,1-2H3/t12-,13-,14+/m0/s1. The van der Waals surface area contributed by atoms with Crippen LogP contribution in [-0.4, -0.2) is 31.1 Å². The van der Waals surface area contributed by atoms with Crippen molar-refractivity contribution in [3.63, 3.8) is 0 Å². The fourth-order valence-electron chi connectivity index (χ4n) is 2.71. The number of hydrogen-bond donors (Lipinski definition) is 1. The lowest BCUT2D eigenvalue weighted by atomic mass is 10.0. The Morgan fingerprint density at radius 1 is 1.37 bits per heavy atom. The number of nitrogens with zero attached hydrogens (tertiary/aromatic N) is 1. The van der Waals surface area contributed by atoms with Crippen LogP contribution in [0.4, 0.5) is 0 Å². The molecule has 3 atom stereocenters. The summed E-state index contributed by atoms with van der Waals surface area (Å²) < 4.78 is 24.2. The monoisotopic (exact) mass is 279 g/mol. The van der Waals surface area contributed by atoms with Crippen LogP contribution >= 0.6 is 0 Å². The van der Waals surface area contributed by atoms with Crippen LogP contribution in [0.5, 0.6) is 0 Å². The molecule has 4 nitrogen and oxygen atoms in total. The van der Waals surface area contributed by atoms with E-state index < -0.39 is 33.0 Å². The van der Waals surface area contributed by atoms with E-state index in [9.17, 15) is 18.8 Å². The molecular formula is C14H17NO3S. The van der Waals surface area contributed by atoms with Gasteiger partial charge in [-0.1, -0.05) is 36.8 Å². The molecule has 1 aliphatic rings. The minimum atomic E-state index is -3.35. The molecule has 102 valence electrons. The highest BCUT2D eigenvalue weighted by atomic mass is 32.2. The molecule has 0 aliphatic heterocycles. The van der Waals surface area contributed by atoms with Crippen molar-refractivity contribution >= 4 is 9.84 Å². The first-order valence-electron chi connectivity index (χ1n) is 6.23. The Kier molecular flexibility index (Phi) is 3.41.